The van der Waals surface area contributed by atoms with E-state index in [1.54, 1.807) is 13.8 Å². The van der Waals surface area contributed by atoms with Crippen LogP contribution >= 0.6 is 11.6 Å². The molecule has 1 saturated heterocycles. The zero-order chi connectivity index (χ0) is 25.3. The fraction of sp³-hybridized carbons (Fsp3) is 0.350. The van der Waals surface area contributed by atoms with Gasteiger partial charge >= 0.3 is 12.5 Å². The number of halogens is 4. The number of carbonyl (C=O) groups is 1. The van der Waals surface area contributed by atoms with Crippen LogP contribution in [0.15, 0.2) is 35.0 Å². The SMILES string of the molecule is CC(O)C1COC(=O)N1c1ccnc(N[C@H](C)c2nc(-c3ccc(OC(F)(F)F)c(Cl)c3)no2)n1. The number of aliphatic hydroxyl groups excluding tert-OH is 1. The summed E-state index contributed by atoms with van der Waals surface area (Å²) in [6.07, 6.45) is -4.93. The van der Waals surface area contributed by atoms with Gasteiger partial charge in [-0.25, -0.2) is 9.78 Å². The largest absolute Gasteiger partial charge is 0.573 e. The summed E-state index contributed by atoms with van der Waals surface area (Å²) in [6, 6.07) is 3.88. The quantitative estimate of drug-likeness (QED) is 0.476. The molecule has 0 aliphatic carbocycles. The lowest BCUT2D eigenvalue weighted by Crippen LogP contribution is -2.41. The average Bonchev–Trinajstić information content (AvgIpc) is 3.42. The van der Waals surface area contributed by atoms with E-state index in [0.717, 1.165) is 6.07 Å². The van der Waals surface area contributed by atoms with Gasteiger partial charge in [0.15, 0.2) is 0 Å². The van der Waals surface area contributed by atoms with Crippen molar-refractivity contribution in [3.05, 3.63) is 41.4 Å². The predicted octanol–water partition coefficient (Wildman–Crippen LogP) is 3.96. The highest BCUT2D eigenvalue weighted by atomic mass is 35.5. The van der Waals surface area contributed by atoms with Crippen LogP contribution in [0.5, 0.6) is 5.75 Å². The molecule has 1 aliphatic heterocycles. The van der Waals surface area contributed by atoms with Crippen LogP contribution in [0, 0.1) is 0 Å². The van der Waals surface area contributed by atoms with Gasteiger partial charge in [-0.05, 0) is 38.1 Å². The molecule has 11 nitrogen and oxygen atoms in total. The summed E-state index contributed by atoms with van der Waals surface area (Å²) < 4.78 is 51.4. The Morgan fingerprint density at radius 2 is 2.06 bits per heavy atom. The van der Waals surface area contributed by atoms with E-state index in [9.17, 15) is 23.1 Å². The van der Waals surface area contributed by atoms with Gasteiger partial charge in [-0.15, -0.1) is 13.2 Å². The fourth-order valence-corrected chi connectivity index (χ4v) is 3.46. The molecule has 2 unspecified atom stereocenters. The summed E-state index contributed by atoms with van der Waals surface area (Å²) in [5.74, 6) is 0.0191. The Hall–Kier alpha value is -3.65. The van der Waals surface area contributed by atoms with E-state index >= 15 is 0 Å². The van der Waals surface area contributed by atoms with Crippen LogP contribution in [0.1, 0.15) is 25.8 Å². The number of anilines is 2. The first-order chi connectivity index (χ1) is 16.5. The molecule has 35 heavy (non-hydrogen) atoms. The maximum absolute atomic E-state index is 12.4. The average molecular weight is 515 g/mol. The third-order valence-corrected chi connectivity index (χ3v) is 5.22. The number of aliphatic hydroxyl groups is 1. The van der Waals surface area contributed by atoms with E-state index in [2.05, 4.69) is 30.2 Å². The van der Waals surface area contributed by atoms with Crippen molar-refractivity contribution in [1.82, 2.24) is 20.1 Å². The Morgan fingerprint density at radius 1 is 1.29 bits per heavy atom. The van der Waals surface area contributed by atoms with Gasteiger partial charge < -0.3 is 24.4 Å². The molecular weight excluding hydrogens is 497 g/mol. The van der Waals surface area contributed by atoms with Crippen molar-refractivity contribution in [3.63, 3.8) is 0 Å². The smallest absolute Gasteiger partial charge is 0.447 e. The van der Waals surface area contributed by atoms with Crippen molar-refractivity contribution < 1.29 is 37.1 Å². The van der Waals surface area contributed by atoms with E-state index in [-0.39, 0.29) is 35.1 Å². The fourth-order valence-electron chi connectivity index (χ4n) is 3.24. The molecule has 1 amide bonds. The Bertz CT molecular complexity index is 1220. The summed E-state index contributed by atoms with van der Waals surface area (Å²) in [5, 5.41) is 16.4. The van der Waals surface area contributed by atoms with Crippen LogP contribution in [0.3, 0.4) is 0 Å². The van der Waals surface area contributed by atoms with Gasteiger partial charge in [0.2, 0.25) is 17.7 Å². The highest BCUT2D eigenvalue weighted by Gasteiger charge is 2.38. The van der Waals surface area contributed by atoms with E-state index < -0.39 is 36.4 Å². The molecule has 2 N–H and O–H groups in total. The van der Waals surface area contributed by atoms with Crippen molar-refractivity contribution in [1.29, 1.82) is 0 Å². The summed E-state index contributed by atoms with van der Waals surface area (Å²) in [6.45, 7) is 3.25. The Balaban J connectivity index is 1.48. The summed E-state index contributed by atoms with van der Waals surface area (Å²) >= 11 is 5.88. The van der Waals surface area contributed by atoms with Crippen molar-refractivity contribution >= 4 is 29.5 Å². The first-order valence-corrected chi connectivity index (χ1v) is 10.5. The monoisotopic (exact) mass is 514 g/mol. The second-order valence-electron chi connectivity index (χ2n) is 7.51. The van der Waals surface area contributed by atoms with Crippen molar-refractivity contribution in [2.75, 3.05) is 16.8 Å². The van der Waals surface area contributed by atoms with Crippen LogP contribution in [0.4, 0.5) is 29.7 Å². The van der Waals surface area contributed by atoms with Gasteiger partial charge in [0.1, 0.15) is 30.3 Å². The minimum Gasteiger partial charge on any atom is -0.447 e. The number of nitrogens with zero attached hydrogens (tertiary/aromatic N) is 5. The van der Waals surface area contributed by atoms with E-state index in [0.29, 0.717) is 5.56 Å². The molecule has 15 heteroatoms. The number of benzene rings is 1. The van der Waals surface area contributed by atoms with Crippen LogP contribution in [0.25, 0.3) is 11.4 Å². The number of nitrogens with one attached hydrogen (secondary N) is 1. The number of carbonyl (C=O) groups excluding carboxylic acids is 1. The number of rotatable bonds is 7. The van der Waals surface area contributed by atoms with Crippen molar-refractivity contribution in [2.24, 2.45) is 0 Å². The molecule has 1 fully saturated rings. The Morgan fingerprint density at radius 3 is 2.74 bits per heavy atom. The van der Waals surface area contributed by atoms with Gasteiger partial charge in [0, 0.05) is 11.8 Å². The molecule has 2 aromatic heterocycles. The maximum atomic E-state index is 12.4. The molecule has 0 bridgehead atoms. The lowest BCUT2D eigenvalue weighted by atomic mass is 10.2. The molecule has 0 saturated carbocycles. The lowest BCUT2D eigenvalue weighted by molar-refractivity contribution is -0.274. The number of alkyl halides is 3. The maximum Gasteiger partial charge on any atom is 0.573 e. The van der Waals surface area contributed by atoms with E-state index in [1.807, 2.05) is 0 Å². The van der Waals surface area contributed by atoms with Crippen LogP contribution < -0.4 is 15.0 Å². The molecule has 1 aromatic carbocycles. The second-order valence-corrected chi connectivity index (χ2v) is 7.92. The zero-order valence-electron chi connectivity index (χ0n) is 18.2. The van der Waals surface area contributed by atoms with Gasteiger partial charge in [0.25, 0.3) is 0 Å². The number of ether oxygens (including phenoxy) is 2. The highest BCUT2D eigenvalue weighted by molar-refractivity contribution is 6.32. The van der Waals surface area contributed by atoms with Crippen LogP contribution in [0.2, 0.25) is 5.02 Å². The Kier molecular flexibility index (Phi) is 6.67. The summed E-state index contributed by atoms with van der Waals surface area (Å²) in [7, 11) is 0. The Labute approximate surface area is 200 Å². The number of cyclic esters (lactones) is 1. The first kappa shape index (κ1) is 24.5. The number of hydrogen-bond acceptors (Lipinski definition) is 10. The summed E-state index contributed by atoms with van der Waals surface area (Å²) in [5.41, 5.74) is 0.307. The number of amides is 1. The normalized spacial score (nSPS) is 17.7. The molecule has 0 radical (unpaired) electrons. The second kappa shape index (κ2) is 9.54. The predicted molar refractivity (Wildman–Crippen MR) is 115 cm³/mol. The highest BCUT2D eigenvalue weighted by Crippen LogP contribution is 2.33. The molecule has 4 rings (SSSR count). The van der Waals surface area contributed by atoms with Gasteiger partial charge in [-0.3, -0.25) is 4.90 Å². The molecular formula is C20H18ClF3N6O5. The minimum absolute atomic E-state index is 0.0256. The van der Waals surface area contributed by atoms with Gasteiger partial charge in [-0.1, -0.05) is 16.8 Å². The number of hydrogen-bond donors (Lipinski definition) is 2. The number of aromatic nitrogens is 4. The minimum atomic E-state index is -4.88. The molecule has 1 aliphatic rings. The van der Waals surface area contributed by atoms with Crippen LogP contribution in [-0.2, 0) is 4.74 Å². The summed E-state index contributed by atoms with van der Waals surface area (Å²) in [4.78, 5) is 26.0. The topological polar surface area (TPSA) is 136 Å². The molecule has 186 valence electrons. The third kappa shape index (κ3) is 5.54. The molecule has 3 heterocycles. The lowest BCUT2D eigenvalue weighted by Gasteiger charge is -2.22. The van der Waals surface area contributed by atoms with Gasteiger partial charge in [-0.2, -0.15) is 9.97 Å². The molecule has 3 atom stereocenters. The van der Waals surface area contributed by atoms with Crippen molar-refractivity contribution in [2.45, 2.75) is 38.4 Å². The molecule has 3 aromatic rings. The van der Waals surface area contributed by atoms with Crippen LogP contribution in [-0.4, -0.2) is 56.4 Å². The van der Waals surface area contributed by atoms with Crippen molar-refractivity contribution in [3.8, 4) is 17.1 Å². The van der Waals surface area contributed by atoms with E-state index in [4.69, 9.17) is 20.9 Å². The zero-order valence-corrected chi connectivity index (χ0v) is 18.9. The third-order valence-electron chi connectivity index (χ3n) is 4.92. The van der Waals surface area contributed by atoms with Gasteiger partial charge in [0.05, 0.1) is 11.1 Å². The van der Waals surface area contributed by atoms with E-state index in [1.165, 1.54) is 29.3 Å². The first-order valence-electron chi connectivity index (χ1n) is 10.1. The molecule has 0 spiro atoms. The standard InChI is InChI=1S/C20H18ClF3N6O5/c1-9(26-18-25-6-5-15(27-18)30-13(10(2)31)8-33-19(30)32)17-28-16(29-35-17)11-3-4-14(12(21)7-11)34-20(22,23)24/h3-7,9-10,13,31H,8H2,1-2H3,(H,25,26,27)/t9-,10?,13?/m1/s1.